The van der Waals surface area contributed by atoms with Gasteiger partial charge in [0.15, 0.2) is 0 Å². The van der Waals surface area contributed by atoms with Gasteiger partial charge in [-0.15, -0.1) is 0 Å². The van der Waals surface area contributed by atoms with E-state index in [2.05, 4.69) is 5.32 Å². The third-order valence-electron chi connectivity index (χ3n) is 5.97. The number of rotatable bonds is 6. The summed E-state index contributed by atoms with van der Waals surface area (Å²) in [6.45, 7) is 5.83. The molecule has 0 bridgehead atoms. The molecule has 1 aromatic carbocycles. The van der Waals surface area contributed by atoms with Crippen LogP contribution in [0.3, 0.4) is 0 Å². The van der Waals surface area contributed by atoms with Gasteiger partial charge in [-0.1, -0.05) is 33.1 Å². The molecular formula is C21H31N3O4S. The Hall–Kier alpha value is -1.93. The second-order valence-electron chi connectivity index (χ2n) is 7.83. The zero-order valence-electron chi connectivity index (χ0n) is 17.5. The molecule has 1 aromatic rings. The molecular weight excluding hydrogens is 390 g/mol. The second-order valence-corrected chi connectivity index (χ2v) is 9.77. The van der Waals surface area contributed by atoms with Gasteiger partial charge in [0.05, 0.1) is 4.90 Å². The van der Waals surface area contributed by atoms with Crippen molar-refractivity contribution in [1.29, 1.82) is 0 Å². The van der Waals surface area contributed by atoms with E-state index in [1.807, 2.05) is 0 Å². The van der Waals surface area contributed by atoms with Crippen LogP contribution in [0.4, 0.5) is 5.69 Å². The summed E-state index contributed by atoms with van der Waals surface area (Å²) in [6.07, 6.45) is 5.69. The van der Waals surface area contributed by atoms with Crippen LogP contribution in [-0.2, 0) is 26.0 Å². The fourth-order valence-corrected chi connectivity index (χ4v) is 5.95. The number of amides is 2. The van der Waals surface area contributed by atoms with E-state index in [1.165, 1.54) is 28.6 Å². The predicted octanol–water partition coefficient (Wildman–Crippen LogP) is 2.44. The highest BCUT2D eigenvalue weighted by atomic mass is 32.2. The summed E-state index contributed by atoms with van der Waals surface area (Å²) in [7, 11) is -3.59. The van der Waals surface area contributed by atoms with Gasteiger partial charge in [0.1, 0.15) is 6.04 Å². The van der Waals surface area contributed by atoms with E-state index >= 15 is 0 Å². The van der Waals surface area contributed by atoms with Crippen molar-refractivity contribution in [1.82, 2.24) is 9.62 Å². The van der Waals surface area contributed by atoms with Gasteiger partial charge in [-0.25, -0.2) is 8.42 Å². The molecule has 0 saturated heterocycles. The average molecular weight is 422 g/mol. The molecule has 8 heteroatoms. The Morgan fingerprint density at radius 3 is 2.38 bits per heavy atom. The minimum absolute atomic E-state index is 0.156. The third-order valence-corrected chi connectivity index (χ3v) is 8.02. The van der Waals surface area contributed by atoms with Gasteiger partial charge in [0.2, 0.25) is 21.8 Å². The number of hydrogen-bond donors (Lipinski definition) is 1. The molecule has 1 heterocycles. The standard InChI is InChI=1S/C21H31N3O4S/c1-4-23(5-2)29(27,28)18-11-12-19-16(13-18)14-20(24(19)15(3)25)21(26)22-17-9-7-6-8-10-17/h11-13,17,20H,4-10,14H2,1-3H3,(H,22,26)/t20-/m1/s1. The molecule has 29 heavy (non-hydrogen) atoms. The van der Waals surface area contributed by atoms with E-state index in [4.69, 9.17) is 0 Å². The lowest BCUT2D eigenvalue weighted by atomic mass is 9.95. The van der Waals surface area contributed by atoms with Crippen LogP contribution >= 0.6 is 0 Å². The van der Waals surface area contributed by atoms with Crippen LogP contribution < -0.4 is 10.2 Å². The summed E-state index contributed by atoms with van der Waals surface area (Å²) in [5.41, 5.74) is 1.34. The number of nitrogens with zero attached hydrogens (tertiary/aromatic N) is 2. The van der Waals surface area contributed by atoms with Crippen molar-refractivity contribution in [2.45, 2.75) is 76.3 Å². The number of carbonyl (C=O) groups excluding carboxylic acids is 2. The molecule has 3 rings (SSSR count). The van der Waals surface area contributed by atoms with Crippen molar-refractivity contribution in [3.63, 3.8) is 0 Å². The highest BCUT2D eigenvalue weighted by molar-refractivity contribution is 7.89. The molecule has 0 spiro atoms. The first-order valence-corrected chi connectivity index (χ1v) is 12.0. The molecule has 160 valence electrons. The molecule has 1 N–H and O–H groups in total. The Balaban J connectivity index is 1.86. The lowest BCUT2D eigenvalue weighted by Crippen LogP contribution is -2.50. The zero-order chi connectivity index (χ0) is 21.2. The van der Waals surface area contributed by atoms with Gasteiger partial charge >= 0.3 is 0 Å². The smallest absolute Gasteiger partial charge is 0.243 e. The van der Waals surface area contributed by atoms with Gasteiger partial charge in [0.25, 0.3) is 0 Å². The molecule has 1 aliphatic carbocycles. The monoisotopic (exact) mass is 421 g/mol. The zero-order valence-corrected chi connectivity index (χ0v) is 18.3. The minimum atomic E-state index is -3.59. The first kappa shape index (κ1) is 21.8. The van der Waals surface area contributed by atoms with Crippen molar-refractivity contribution in [2.24, 2.45) is 0 Å². The van der Waals surface area contributed by atoms with Crippen LogP contribution in [0.25, 0.3) is 0 Å². The molecule has 2 aliphatic rings. The summed E-state index contributed by atoms with van der Waals surface area (Å²) < 4.78 is 27.1. The minimum Gasteiger partial charge on any atom is -0.352 e. The van der Waals surface area contributed by atoms with Gasteiger partial charge in [-0.3, -0.25) is 14.5 Å². The van der Waals surface area contributed by atoms with Crippen molar-refractivity contribution in [3.05, 3.63) is 23.8 Å². The topological polar surface area (TPSA) is 86.8 Å². The lowest BCUT2D eigenvalue weighted by Gasteiger charge is -2.28. The van der Waals surface area contributed by atoms with Gasteiger partial charge < -0.3 is 5.32 Å². The summed E-state index contributed by atoms with van der Waals surface area (Å²) in [5.74, 6) is -0.372. The van der Waals surface area contributed by atoms with Crippen LogP contribution in [-0.4, -0.2) is 49.7 Å². The number of nitrogens with one attached hydrogen (secondary N) is 1. The molecule has 7 nitrogen and oxygen atoms in total. The number of sulfonamides is 1. The Kier molecular flexibility index (Phi) is 6.63. The van der Waals surface area contributed by atoms with Crippen molar-refractivity contribution < 1.29 is 18.0 Å². The molecule has 1 aliphatic heterocycles. The quantitative estimate of drug-likeness (QED) is 0.764. The SMILES string of the molecule is CCN(CC)S(=O)(=O)c1ccc2c(c1)C[C@H](C(=O)NC1CCCCC1)N2C(C)=O. The van der Waals surface area contributed by atoms with Crippen molar-refractivity contribution >= 4 is 27.5 Å². The predicted molar refractivity (Wildman–Crippen MR) is 112 cm³/mol. The van der Waals surface area contributed by atoms with Crippen molar-refractivity contribution in [2.75, 3.05) is 18.0 Å². The molecule has 1 saturated carbocycles. The van der Waals surface area contributed by atoms with E-state index < -0.39 is 16.1 Å². The maximum atomic E-state index is 12.9. The van der Waals surface area contributed by atoms with Gasteiger partial charge in [-0.2, -0.15) is 4.31 Å². The van der Waals surface area contributed by atoms with Crippen LogP contribution in [0.1, 0.15) is 58.4 Å². The highest BCUT2D eigenvalue weighted by Gasteiger charge is 2.38. The van der Waals surface area contributed by atoms with E-state index in [9.17, 15) is 18.0 Å². The summed E-state index contributed by atoms with van der Waals surface area (Å²) in [4.78, 5) is 27.0. The molecule has 0 radical (unpaired) electrons. The summed E-state index contributed by atoms with van der Waals surface area (Å²) in [6, 6.07) is 4.33. The molecule has 0 unspecified atom stereocenters. The normalized spacial score (nSPS) is 20.0. The Morgan fingerprint density at radius 1 is 1.14 bits per heavy atom. The molecule has 1 atom stereocenters. The number of carbonyl (C=O) groups is 2. The highest BCUT2D eigenvalue weighted by Crippen LogP contribution is 2.35. The maximum Gasteiger partial charge on any atom is 0.243 e. The Labute approximate surface area is 173 Å². The molecule has 2 amide bonds. The van der Waals surface area contributed by atoms with Gasteiger partial charge in [0, 0.05) is 38.2 Å². The van der Waals surface area contributed by atoms with E-state index in [0.29, 0.717) is 25.2 Å². The lowest BCUT2D eigenvalue weighted by molar-refractivity contribution is -0.126. The molecule has 0 aromatic heterocycles. The first-order valence-electron chi connectivity index (χ1n) is 10.5. The van der Waals surface area contributed by atoms with E-state index in [0.717, 1.165) is 31.2 Å². The number of benzene rings is 1. The fourth-order valence-electron chi connectivity index (χ4n) is 4.44. The maximum absolute atomic E-state index is 12.9. The van der Waals surface area contributed by atoms with Gasteiger partial charge in [-0.05, 0) is 36.6 Å². The fraction of sp³-hybridized carbons (Fsp3) is 0.619. The third kappa shape index (κ3) is 4.33. The van der Waals surface area contributed by atoms with E-state index in [1.54, 1.807) is 26.0 Å². The summed E-state index contributed by atoms with van der Waals surface area (Å²) in [5, 5.41) is 3.10. The van der Waals surface area contributed by atoms with Crippen LogP contribution in [0, 0.1) is 0 Å². The Bertz CT molecular complexity index is 874. The number of anilines is 1. The largest absolute Gasteiger partial charge is 0.352 e. The molecule has 1 fully saturated rings. The van der Waals surface area contributed by atoms with Crippen LogP contribution in [0.5, 0.6) is 0 Å². The summed E-state index contributed by atoms with van der Waals surface area (Å²) >= 11 is 0. The van der Waals surface area contributed by atoms with E-state index in [-0.39, 0.29) is 22.8 Å². The second kappa shape index (κ2) is 8.83. The average Bonchev–Trinajstić information content (AvgIpc) is 3.08. The number of hydrogen-bond acceptors (Lipinski definition) is 4. The van der Waals surface area contributed by atoms with Crippen LogP contribution in [0.15, 0.2) is 23.1 Å². The number of fused-ring (bicyclic) bond motifs is 1. The van der Waals surface area contributed by atoms with Crippen molar-refractivity contribution in [3.8, 4) is 0 Å². The van der Waals surface area contributed by atoms with Crippen LogP contribution in [0.2, 0.25) is 0 Å². The Morgan fingerprint density at radius 2 is 1.79 bits per heavy atom. The first-order chi connectivity index (χ1) is 13.8.